The number of aliphatic hydroxyl groups is 1. The van der Waals surface area contributed by atoms with E-state index in [1.54, 1.807) is 51.6 Å². The van der Waals surface area contributed by atoms with Gasteiger partial charge in [0.15, 0.2) is 11.5 Å². The fourth-order valence-electron chi connectivity index (χ4n) is 9.85. The molecular weight excluding hydrogens is 1160 g/mol. The summed E-state index contributed by atoms with van der Waals surface area (Å²) in [6, 6.07) is 8.40. The van der Waals surface area contributed by atoms with Crippen LogP contribution in [0, 0.1) is 11.8 Å². The molecule has 78 heavy (non-hydrogen) atoms. The predicted octanol–water partition coefficient (Wildman–Crippen LogP) is 8.14. The van der Waals surface area contributed by atoms with Crippen LogP contribution in [0.2, 0.25) is 5.02 Å². The monoisotopic (exact) mass is 1230 g/mol. The number of fused-ring (bicyclic) bond motifs is 1. The Balaban J connectivity index is 1.01. The summed E-state index contributed by atoms with van der Waals surface area (Å²) in [7, 11) is 6.45. The van der Waals surface area contributed by atoms with Gasteiger partial charge in [0, 0.05) is 82.6 Å². The summed E-state index contributed by atoms with van der Waals surface area (Å²) < 4.78 is 34.5. The number of ether oxygens (including phenoxy) is 6. The molecular formula is C56H78Br2ClN7O12. The number of ketones is 1. The van der Waals surface area contributed by atoms with Gasteiger partial charge in [0.25, 0.3) is 5.91 Å². The third-order valence-electron chi connectivity index (χ3n) is 14.5. The molecule has 0 spiro atoms. The highest BCUT2D eigenvalue weighted by Gasteiger charge is 2.62. The van der Waals surface area contributed by atoms with Gasteiger partial charge in [-0.3, -0.25) is 24.5 Å². The third kappa shape index (κ3) is 17.6. The first-order valence-electron chi connectivity index (χ1n) is 26.4. The molecule has 2 aromatic carbocycles. The summed E-state index contributed by atoms with van der Waals surface area (Å²) in [5, 5.41) is 25.0. The molecule has 19 nitrogen and oxygen atoms in total. The first-order chi connectivity index (χ1) is 37.2. The molecule has 0 unspecified atom stereocenters. The average Bonchev–Trinajstić information content (AvgIpc) is 4.24. The minimum Gasteiger partial charge on any atom is -0.495 e. The van der Waals surface area contributed by atoms with Crippen molar-refractivity contribution < 1.29 is 57.5 Å². The second kappa shape index (κ2) is 30.7. The highest BCUT2D eigenvalue weighted by Crippen LogP contribution is 2.51. The topological polar surface area (TPSA) is 241 Å². The largest absolute Gasteiger partial charge is 0.495 e. The molecule has 4 amide bonds. The predicted molar refractivity (Wildman–Crippen MR) is 306 cm³/mol. The number of anilines is 1. The molecule has 430 valence electrons. The summed E-state index contributed by atoms with van der Waals surface area (Å²) >= 11 is 13.3. The number of epoxide rings is 1. The summed E-state index contributed by atoms with van der Waals surface area (Å²) in [6.07, 6.45) is 5.74. The van der Waals surface area contributed by atoms with Crippen molar-refractivity contribution in [2.45, 2.75) is 132 Å². The Labute approximate surface area is 480 Å². The van der Waals surface area contributed by atoms with E-state index in [4.69, 9.17) is 40.0 Å². The minimum absolute atomic E-state index is 0.0124. The summed E-state index contributed by atoms with van der Waals surface area (Å²) in [6.45, 7) is 11.1. The minimum atomic E-state index is -1.80. The molecule has 3 heterocycles. The van der Waals surface area contributed by atoms with Crippen LogP contribution in [0.1, 0.15) is 107 Å². The molecule has 5 rings (SSSR count). The van der Waals surface area contributed by atoms with Crippen LogP contribution in [-0.4, -0.2) is 153 Å². The third-order valence-corrected chi connectivity index (χ3v) is 16.0. The number of amides is 4. The van der Waals surface area contributed by atoms with Gasteiger partial charge < -0.3 is 54.4 Å². The van der Waals surface area contributed by atoms with Crippen molar-refractivity contribution in [2.24, 2.45) is 11.8 Å². The number of carbonyl (C=O) groups excluding carboxylic acids is 5. The van der Waals surface area contributed by atoms with Crippen LogP contribution >= 0.6 is 43.5 Å². The first kappa shape index (κ1) is 64.1. The number of rotatable bonds is 33. The zero-order valence-electron chi connectivity index (χ0n) is 46.3. The summed E-state index contributed by atoms with van der Waals surface area (Å²) in [5.74, 6) is -0.720. The van der Waals surface area contributed by atoms with Crippen LogP contribution in [0.5, 0.6) is 5.75 Å². The number of halogens is 3. The van der Waals surface area contributed by atoms with Crippen LogP contribution in [0.3, 0.4) is 0 Å². The lowest BCUT2D eigenvalue weighted by Gasteiger charge is -2.42. The quantitative estimate of drug-likeness (QED) is 0.0167. The maximum absolute atomic E-state index is 14.1. The van der Waals surface area contributed by atoms with Gasteiger partial charge in [0.1, 0.15) is 23.0 Å². The van der Waals surface area contributed by atoms with E-state index >= 15 is 0 Å². The van der Waals surface area contributed by atoms with Crippen LogP contribution < -0.4 is 26.0 Å². The standard InChI is InChI=1S/C56H78Br2ClN7O12/c1-10-39(55(5)52(78-55)35(3)48-31-56(72,65-54(71)77-48)49(74-9)16-13-14-34(2)26-37-27-42(60-6)51(59)47(28-37)73-8)30-46(68)45(66(7)36(4)67)15-11-12-20-61-50(69)19-22-75-24-25-76-23-21-62-53(70)38-17-18-40-41(29-38)64-44(33-58)43(32-57)63-40/h13-14,16-18,27-29,35,39,45,48-49,52,60,72H,10-12,15,19-26,30-33H2,1-9H3,(H,61,69)(H,62,70)(H,65,71)/b16-13+,34-14+/t35-,39-,45+,48+,49-,52+,55+,56+/m1/s1. The Hall–Kier alpha value is -4.74. The second-order valence-corrected chi connectivity index (χ2v) is 21.5. The highest BCUT2D eigenvalue weighted by atomic mass is 79.9. The number of nitrogens with one attached hydrogen (secondary N) is 4. The maximum Gasteiger partial charge on any atom is 0.409 e. The molecule has 8 atom stereocenters. The number of nitrogens with zero attached hydrogens (tertiary/aromatic N) is 3. The number of carbonyl (C=O) groups is 5. The first-order valence-corrected chi connectivity index (χ1v) is 29.1. The lowest BCUT2D eigenvalue weighted by Crippen LogP contribution is -2.63. The molecule has 0 saturated carbocycles. The smallest absolute Gasteiger partial charge is 0.409 e. The molecule has 1 aromatic heterocycles. The molecule has 2 fully saturated rings. The van der Waals surface area contributed by atoms with Crippen molar-refractivity contribution in [1.29, 1.82) is 0 Å². The second-order valence-electron chi connectivity index (χ2n) is 20.0. The molecule has 5 N–H and O–H groups in total. The Morgan fingerprint density at radius 1 is 1.00 bits per heavy atom. The Kier molecular flexibility index (Phi) is 25.3. The number of unbranched alkanes of at least 4 members (excludes halogenated alkanes) is 1. The number of hydrogen-bond acceptors (Lipinski definition) is 15. The highest BCUT2D eigenvalue weighted by molar-refractivity contribution is 9.09. The number of methoxy groups -OCH3 is 2. The number of aromatic nitrogens is 2. The fourth-order valence-corrected chi connectivity index (χ4v) is 11.0. The molecule has 0 bridgehead atoms. The Morgan fingerprint density at radius 2 is 1.71 bits per heavy atom. The van der Waals surface area contributed by atoms with Gasteiger partial charge in [-0.1, -0.05) is 87.5 Å². The maximum atomic E-state index is 14.1. The van der Waals surface area contributed by atoms with E-state index in [1.165, 1.54) is 18.9 Å². The molecule has 0 radical (unpaired) electrons. The number of alkyl halides is 2. The SMILES string of the molecule is CC[C@H](CC(=O)[C@H](CCCCNC(=O)CCOCCOCCNC(=O)c1ccc2nc(CBr)c(CBr)nc2c1)N(C)C(C)=O)[C@]1(C)O[C@H]1[C@H](C)[C@@H]1C[C@](O)([C@@H](/C=C/C=C(\C)Cc2cc(NC)c(Cl)c(OC)c2)OC)NC(=O)O1. The van der Waals surface area contributed by atoms with E-state index in [9.17, 15) is 29.1 Å². The lowest BCUT2D eigenvalue weighted by atomic mass is 9.78. The van der Waals surface area contributed by atoms with Crippen molar-refractivity contribution in [3.8, 4) is 5.75 Å². The molecule has 2 aliphatic heterocycles. The van der Waals surface area contributed by atoms with E-state index in [0.29, 0.717) is 89.8 Å². The zero-order valence-corrected chi connectivity index (χ0v) is 50.2. The molecule has 0 aliphatic carbocycles. The molecule has 3 aromatic rings. The van der Waals surface area contributed by atoms with Crippen molar-refractivity contribution >= 4 is 89.8 Å². The van der Waals surface area contributed by atoms with Gasteiger partial charge in [0.2, 0.25) is 11.8 Å². The van der Waals surface area contributed by atoms with Gasteiger partial charge in [-0.15, -0.1) is 0 Å². The summed E-state index contributed by atoms with van der Waals surface area (Å²) in [5.41, 5.74) is 3.72. The van der Waals surface area contributed by atoms with Gasteiger partial charge >= 0.3 is 6.09 Å². The van der Waals surface area contributed by atoms with Crippen molar-refractivity contribution in [1.82, 2.24) is 30.8 Å². The lowest BCUT2D eigenvalue weighted by molar-refractivity contribution is -0.142. The normalized spacial score (nSPS) is 20.8. The van der Waals surface area contributed by atoms with E-state index in [2.05, 4.69) is 63.1 Å². The number of benzene rings is 2. The van der Waals surface area contributed by atoms with Gasteiger partial charge in [-0.25, -0.2) is 14.8 Å². The fraction of sp³-hybridized carbons (Fsp3) is 0.589. The van der Waals surface area contributed by atoms with Gasteiger partial charge in [-0.05, 0) is 81.3 Å². The number of hydrogen-bond donors (Lipinski definition) is 5. The number of allylic oxidation sites excluding steroid dienone is 3. The number of alkyl carbamates (subject to hydrolysis) is 1. The van der Waals surface area contributed by atoms with Crippen LogP contribution in [0.15, 0.2) is 54.1 Å². The molecule has 2 aliphatic rings. The Morgan fingerprint density at radius 3 is 2.36 bits per heavy atom. The van der Waals surface area contributed by atoms with Crippen LogP contribution in [0.25, 0.3) is 11.0 Å². The van der Waals surface area contributed by atoms with E-state index in [0.717, 1.165) is 28.2 Å². The number of likely N-dealkylation sites (N-methyl/N-ethyl adjacent to an activating group) is 1. The van der Waals surface area contributed by atoms with E-state index in [-0.39, 0.29) is 80.5 Å². The van der Waals surface area contributed by atoms with Crippen LogP contribution in [-0.2, 0) is 55.1 Å². The average molecular weight is 1240 g/mol. The van der Waals surface area contributed by atoms with E-state index in [1.807, 2.05) is 45.9 Å². The molecule has 2 saturated heterocycles. The number of Topliss-reactive ketones (excluding diaryl/α,β-unsaturated/α-hetero) is 1. The van der Waals surface area contributed by atoms with Crippen molar-refractivity contribution in [3.05, 3.63) is 81.7 Å². The molecule has 22 heteroatoms. The van der Waals surface area contributed by atoms with Gasteiger partial charge in [0.05, 0.1) is 79.4 Å². The van der Waals surface area contributed by atoms with Gasteiger partial charge in [-0.2, -0.15) is 0 Å². The zero-order chi connectivity index (χ0) is 57.2. The van der Waals surface area contributed by atoms with Crippen LogP contribution in [0.4, 0.5) is 10.5 Å². The van der Waals surface area contributed by atoms with Crippen molar-refractivity contribution in [3.63, 3.8) is 0 Å². The number of cyclic esters (lactones) is 1. The summed E-state index contributed by atoms with van der Waals surface area (Å²) in [4.78, 5) is 75.7. The van der Waals surface area contributed by atoms with E-state index < -0.39 is 35.7 Å². The van der Waals surface area contributed by atoms with Crippen molar-refractivity contribution in [2.75, 3.05) is 73.1 Å². The Bertz CT molecular complexity index is 2590.